The van der Waals surface area contributed by atoms with Gasteiger partial charge < -0.3 is 4.74 Å². The number of hydrogen-bond acceptors (Lipinski definition) is 4. The van der Waals surface area contributed by atoms with Crippen LogP contribution in [0.25, 0.3) is 0 Å². The van der Waals surface area contributed by atoms with Crippen LogP contribution >= 0.6 is 22.9 Å². The monoisotopic (exact) mass is 268 g/mol. The second kappa shape index (κ2) is 5.51. The van der Waals surface area contributed by atoms with Crippen LogP contribution in [-0.4, -0.2) is 7.11 Å². The van der Waals surface area contributed by atoms with Crippen LogP contribution in [0.1, 0.15) is 16.5 Å². The molecule has 0 fully saturated rings. The lowest BCUT2D eigenvalue weighted by Crippen LogP contribution is -2.28. The van der Waals surface area contributed by atoms with Gasteiger partial charge in [0, 0.05) is 15.5 Å². The first-order valence-electron chi connectivity index (χ1n) is 5.09. The van der Waals surface area contributed by atoms with Gasteiger partial charge in [-0.3, -0.25) is 5.84 Å². The molecule has 0 saturated carbocycles. The zero-order chi connectivity index (χ0) is 12.3. The number of hydrogen-bond donors (Lipinski definition) is 2. The molecule has 0 aliphatic heterocycles. The summed E-state index contributed by atoms with van der Waals surface area (Å²) < 4.78 is 5.33. The maximum Gasteiger partial charge on any atom is 0.124 e. The Balaban J connectivity index is 2.46. The molecule has 0 aliphatic rings. The number of ether oxygens (including phenoxy) is 1. The lowest BCUT2D eigenvalue weighted by molar-refractivity contribution is 0.404. The number of methoxy groups -OCH3 is 1. The minimum Gasteiger partial charge on any atom is -0.496 e. The quantitative estimate of drug-likeness (QED) is 0.662. The first-order chi connectivity index (χ1) is 8.26. The van der Waals surface area contributed by atoms with E-state index < -0.39 is 0 Å². The van der Waals surface area contributed by atoms with Crippen molar-refractivity contribution in [3.05, 3.63) is 51.2 Å². The van der Waals surface area contributed by atoms with Crippen LogP contribution in [0.5, 0.6) is 5.75 Å². The Morgan fingerprint density at radius 2 is 2.24 bits per heavy atom. The van der Waals surface area contributed by atoms with Gasteiger partial charge in [0.1, 0.15) is 5.75 Å². The normalized spacial score (nSPS) is 12.4. The molecule has 1 heterocycles. The van der Waals surface area contributed by atoms with E-state index in [9.17, 15) is 0 Å². The van der Waals surface area contributed by atoms with Crippen molar-refractivity contribution in [3.8, 4) is 5.75 Å². The van der Waals surface area contributed by atoms with Crippen molar-refractivity contribution in [2.24, 2.45) is 5.84 Å². The van der Waals surface area contributed by atoms with Crippen LogP contribution in [0.4, 0.5) is 0 Å². The summed E-state index contributed by atoms with van der Waals surface area (Å²) in [7, 11) is 1.63. The summed E-state index contributed by atoms with van der Waals surface area (Å²) in [5.41, 5.74) is 3.73. The zero-order valence-corrected chi connectivity index (χ0v) is 10.9. The molecule has 3 nitrogen and oxygen atoms in total. The predicted octanol–water partition coefficient (Wildman–Crippen LogP) is 2.96. The van der Waals surface area contributed by atoms with Crippen LogP contribution in [0.3, 0.4) is 0 Å². The lowest BCUT2D eigenvalue weighted by atomic mass is 10.0. The molecule has 5 heteroatoms. The van der Waals surface area contributed by atoms with Crippen LogP contribution in [0.2, 0.25) is 5.02 Å². The van der Waals surface area contributed by atoms with E-state index in [1.54, 1.807) is 24.5 Å². The molecule has 1 aromatic heterocycles. The molecule has 0 spiro atoms. The smallest absolute Gasteiger partial charge is 0.124 e. The van der Waals surface area contributed by atoms with Crippen LogP contribution in [0, 0.1) is 0 Å². The highest BCUT2D eigenvalue weighted by molar-refractivity contribution is 7.10. The largest absolute Gasteiger partial charge is 0.496 e. The van der Waals surface area contributed by atoms with E-state index >= 15 is 0 Å². The van der Waals surface area contributed by atoms with Crippen molar-refractivity contribution in [1.29, 1.82) is 0 Å². The number of nitrogens with one attached hydrogen (secondary N) is 1. The molecule has 90 valence electrons. The van der Waals surface area contributed by atoms with Gasteiger partial charge in [-0.25, -0.2) is 5.43 Å². The van der Waals surface area contributed by atoms with E-state index in [1.165, 1.54) is 0 Å². The molecular weight excluding hydrogens is 256 g/mol. The predicted molar refractivity (Wildman–Crippen MR) is 71.5 cm³/mol. The Morgan fingerprint density at radius 3 is 2.82 bits per heavy atom. The van der Waals surface area contributed by atoms with Crippen molar-refractivity contribution in [2.45, 2.75) is 6.04 Å². The Labute approximate surface area is 109 Å². The standard InChI is InChI=1S/C12H13ClN2OS/c1-16-10-5-4-8(13)7-9(10)12(15-14)11-3-2-6-17-11/h2-7,12,15H,14H2,1H3. The molecule has 2 rings (SSSR count). The number of hydrazine groups is 1. The molecule has 0 saturated heterocycles. The number of nitrogens with two attached hydrogens (primary N) is 1. The van der Waals surface area contributed by atoms with E-state index in [0.29, 0.717) is 5.02 Å². The molecule has 1 unspecified atom stereocenters. The second-order valence-electron chi connectivity index (χ2n) is 3.50. The summed E-state index contributed by atoms with van der Waals surface area (Å²) in [5.74, 6) is 6.40. The molecule has 0 aliphatic carbocycles. The number of rotatable bonds is 4. The maximum absolute atomic E-state index is 6.02. The van der Waals surface area contributed by atoms with E-state index in [1.807, 2.05) is 29.6 Å². The third kappa shape index (κ3) is 2.61. The Morgan fingerprint density at radius 1 is 1.41 bits per heavy atom. The van der Waals surface area contributed by atoms with Gasteiger partial charge in [-0.1, -0.05) is 17.7 Å². The zero-order valence-electron chi connectivity index (χ0n) is 9.31. The van der Waals surface area contributed by atoms with Gasteiger partial charge in [-0.15, -0.1) is 11.3 Å². The van der Waals surface area contributed by atoms with Crippen molar-refractivity contribution >= 4 is 22.9 Å². The summed E-state index contributed by atoms with van der Waals surface area (Å²) in [6.45, 7) is 0. The van der Waals surface area contributed by atoms with E-state index in [4.69, 9.17) is 22.2 Å². The lowest BCUT2D eigenvalue weighted by Gasteiger charge is -2.18. The summed E-state index contributed by atoms with van der Waals surface area (Å²) >= 11 is 7.65. The first kappa shape index (κ1) is 12.4. The third-order valence-electron chi connectivity index (χ3n) is 2.50. The highest BCUT2D eigenvalue weighted by Gasteiger charge is 2.18. The molecule has 0 bridgehead atoms. The molecule has 0 radical (unpaired) electrons. The van der Waals surface area contributed by atoms with E-state index in [0.717, 1.165) is 16.2 Å². The highest BCUT2D eigenvalue weighted by atomic mass is 35.5. The SMILES string of the molecule is COc1ccc(Cl)cc1C(NN)c1cccs1. The summed E-state index contributed by atoms with van der Waals surface area (Å²) in [6, 6.07) is 9.41. The molecule has 1 aromatic carbocycles. The Bertz CT molecular complexity index is 487. The highest BCUT2D eigenvalue weighted by Crippen LogP contribution is 2.33. The summed E-state index contributed by atoms with van der Waals surface area (Å²) in [5, 5.41) is 2.68. The summed E-state index contributed by atoms with van der Waals surface area (Å²) in [6.07, 6.45) is 0. The van der Waals surface area contributed by atoms with Crippen molar-refractivity contribution in [1.82, 2.24) is 5.43 Å². The van der Waals surface area contributed by atoms with Gasteiger partial charge in [0.05, 0.1) is 13.2 Å². The molecular formula is C12H13ClN2OS. The topological polar surface area (TPSA) is 47.3 Å². The van der Waals surface area contributed by atoms with Crippen LogP contribution in [-0.2, 0) is 0 Å². The van der Waals surface area contributed by atoms with Gasteiger partial charge in [-0.05, 0) is 29.6 Å². The molecule has 0 amide bonds. The average molecular weight is 269 g/mol. The molecule has 3 N–H and O–H groups in total. The van der Waals surface area contributed by atoms with E-state index in [2.05, 4.69) is 5.43 Å². The average Bonchev–Trinajstić information content (AvgIpc) is 2.84. The third-order valence-corrected chi connectivity index (χ3v) is 3.67. The van der Waals surface area contributed by atoms with Crippen molar-refractivity contribution in [3.63, 3.8) is 0 Å². The van der Waals surface area contributed by atoms with Gasteiger partial charge >= 0.3 is 0 Å². The minimum atomic E-state index is -0.108. The molecule has 17 heavy (non-hydrogen) atoms. The summed E-state index contributed by atoms with van der Waals surface area (Å²) in [4.78, 5) is 1.12. The van der Waals surface area contributed by atoms with Gasteiger partial charge in [-0.2, -0.15) is 0 Å². The number of halogens is 1. The van der Waals surface area contributed by atoms with Crippen molar-refractivity contribution in [2.75, 3.05) is 7.11 Å². The van der Waals surface area contributed by atoms with Crippen molar-refractivity contribution < 1.29 is 4.74 Å². The molecule has 2 aromatic rings. The fourth-order valence-corrected chi connectivity index (χ4v) is 2.69. The van der Waals surface area contributed by atoms with Gasteiger partial charge in [0.15, 0.2) is 0 Å². The van der Waals surface area contributed by atoms with Gasteiger partial charge in [0.2, 0.25) is 0 Å². The van der Waals surface area contributed by atoms with Crippen LogP contribution in [0.15, 0.2) is 35.7 Å². The Kier molecular flexibility index (Phi) is 4.02. The molecule has 1 atom stereocenters. The van der Waals surface area contributed by atoms with Crippen LogP contribution < -0.4 is 16.0 Å². The number of thiophene rings is 1. The Hall–Kier alpha value is -1.07. The fourth-order valence-electron chi connectivity index (χ4n) is 1.71. The number of benzene rings is 1. The first-order valence-corrected chi connectivity index (χ1v) is 6.35. The second-order valence-corrected chi connectivity index (χ2v) is 4.92. The van der Waals surface area contributed by atoms with Gasteiger partial charge in [0.25, 0.3) is 0 Å². The minimum absolute atomic E-state index is 0.108. The van der Waals surface area contributed by atoms with E-state index in [-0.39, 0.29) is 6.04 Å². The fraction of sp³-hybridized carbons (Fsp3) is 0.167. The maximum atomic E-state index is 6.02.